The molecule has 6 heteroatoms. The van der Waals surface area contributed by atoms with Gasteiger partial charge in [-0.05, 0) is 50.5 Å². The molecule has 5 nitrogen and oxygen atoms in total. The Morgan fingerprint density at radius 1 is 1.36 bits per heavy atom. The molecule has 25 heavy (non-hydrogen) atoms. The number of piperidine rings is 1. The molecule has 1 atom stereocenters. The average Bonchev–Trinajstić information content (AvgIpc) is 2.93. The molecular weight excluding hydrogens is 321 g/mol. The molecule has 134 valence electrons. The first kappa shape index (κ1) is 17.5. The Hall–Kier alpha value is -2.37. The van der Waals surface area contributed by atoms with Gasteiger partial charge in [0, 0.05) is 18.8 Å². The monoisotopic (exact) mass is 345 g/mol. The van der Waals surface area contributed by atoms with Gasteiger partial charge in [0.2, 0.25) is 5.91 Å². The van der Waals surface area contributed by atoms with Gasteiger partial charge in [-0.2, -0.15) is 5.10 Å². The number of likely N-dealkylation sites (tertiary alicyclic amines) is 1. The van der Waals surface area contributed by atoms with Crippen LogP contribution >= 0.6 is 0 Å². The number of rotatable bonds is 4. The number of aromatic nitrogens is 2. The van der Waals surface area contributed by atoms with E-state index in [2.05, 4.69) is 11.2 Å². The second-order valence-corrected chi connectivity index (χ2v) is 6.65. The molecule has 0 aliphatic carbocycles. The average molecular weight is 345 g/mol. The first-order chi connectivity index (χ1) is 12.0. The number of carbonyl (C=O) groups is 1. The molecule has 2 aromatic rings. The van der Waals surface area contributed by atoms with Gasteiger partial charge < -0.3 is 9.64 Å². The van der Waals surface area contributed by atoms with Crippen molar-refractivity contribution >= 4 is 5.91 Å². The van der Waals surface area contributed by atoms with Crippen LogP contribution < -0.4 is 4.74 Å². The third-order valence-corrected chi connectivity index (χ3v) is 4.71. The number of carbonyl (C=O) groups excluding carboxylic acids is 1. The molecule has 1 aromatic carbocycles. The smallest absolute Gasteiger partial charge is 0.227 e. The van der Waals surface area contributed by atoms with Crippen LogP contribution in [0.25, 0.3) is 0 Å². The van der Waals surface area contributed by atoms with Gasteiger partial charge in [0.1, 0.15) is 0 Å². The van der Waals surface area contributed by atoms with Crippen molar-refractivity contribution in [1.29, 1.82) is 0 Å². The lowest BCUT2D eigenvalue weighted by atomic mass is 10.0. The van der Waals surface area contributed by atoms with E-state index in [0.717, 1.165) is 30.8 Å². The Morgan fingerprint density at radius 2 is 2.16 bits per heavy atom. The van der Waals surface area contributed by atoms with E-state index in [1.54, 1.807) is 12.1 Å². The minimum absolute atomic E-state index is 0.0239. The summed E-state index contributed by atoms with van der Waals surface area (Å²) in [6.45, 7) is 5.42. The summed E-state index contributed by atoms with van der Waals surface area (Å²) in [6, 6.07) is 6.94. The lowest BCUT2D eigenvalue weighted by Crippen LogP contribution is -2.41. The highest BCUT2D eigenvalue weighted by atomic mass is 19.1. The predicted octanol–water partition coefficient (Wildman–Crippen LogP) is 3.05. The van der Waals surface area contributed by atoms with Gasteiger partial charge in [0.25, 0.3) is 0 Å². The molecule has 1 fully saturated rings. The summed E-state index contributed by atoms with van der Waals surface area (Å²) >= 11 is 0. The van der Waals surface area contributed by atoms with E-state index in [4.69, 9.17) is 4.74 Å². The van der Waals surface area contributed by atoms with Gasteiger partial charge >= 0.3 is 0 Å². The molecule has 0 bridgehead atoms. The molecule has 0 N–H and O–H groups in total. The molecule has 0 saturated carbocycles. The van der Waals surface area contributed by atoms with Crippen LogP contribution in [-0.4, -0.2) is 40.8 Å². The maximum Gasteiger partial charge on any atom is 0.227 e. The minimum atomic E-state index is -0.438. The third kappa shape index (κ3) is 3.83. The maximum atomic E-state index is 13.8. The highest BCUT2D eigenvalue weighted by molar-refractivity contribution is 5.79. The van der Waals surface area contributed by atoms with Crippen LogP contribution in [0, 0.1) is 19.7 Å². The number of methoxy groups -OCH3 is 1. The number of hydrogen-bond acceptors (Lipinski definition) is 3. The SMILES string of the molecule is COc1ccc(CC(=O)N2CCC[C@@H](n3nc(C)cc3C)C2)cc1F. The normalized spacial score (nSPS) is 17.6. The lowest BCUT2D eigenvalue weighted by Gasteiger charge is -2.33. The molecule has 1 saturated heterocycles. The molecule has 0 spiro atoms. The van der Waals surface area contributed by atoms with Gasteiger partial charge in [-0.1, -0.05) is 6.07 Å². The topological polar surface area (TPSA) is 47.4 Å². The van der Waals surface area contributed by atoms with E-state index in [-0.39, 0.29) is 24.1 Å². The summed E-state index contributed by atoms with van der Waals surface area (Å²) in [5, 5.41) is 4.56. The summed E-state index contributed by atoms with van der Waals surface area (Å²) in [5.41, 5.74) is 2.78. The van der Waals surface area contributed by atoms with Crippen LogP contribution in [0.5, 0.6) is 5.75 Å². The molecule has 0 radical (unpaired) electrons. The zero-order chi connectivity index (χ0) is 18.0. The van der Waals surface area contributed by atoms with Gasteiger partial charge in [0.05, 0.1) is 25.3 Å². The zero-order valence-corrected chi connectivity index (χ0v) is 15.0. The van der Waals surface area contributed by atoms with Gasteiger partial charge in [-0.15, -0.1) is 0 Å². The standard InChI is InChI=1S/C19H24FN3O2/c1-13-9-14(2)23(21-13)16-5-4-8-22(12-16)19(24)11-15-6-7-18(25-3)17(20)10-15/h6-7,9-10,16H,4-5,8,11-12H2,1-3H3/t16-/m1/s1. The molecule has 1 aliphatic rings. The number of amides is 1. The molecule has 0 unspecified atom stereocenters. The Morgan fingerprint density at radius 3 is 2.80 bits per heavy atom. The highest BCUT2D eigenvalue weighted by Crippen LogP contribution is 2.24. The second kappa shape index (κ2) is 7.25. The Balaban J connectivity index is 1.68. The van der Waals surface area contributed by atoms with E-state index in [1.165, 1.54) is 13.2 Å². The summed E-state index contributed by atoms with van der Waals surface area (Å²) in [6.07, 6.45) is 2.17. The van der Waals surface area contributed by atoms with Gasteiger partial charge in [-0.25, -0.2) is 4.39 Å². The first-order valence-corrected chi connectivity index (χ1v) is 8.61. The number of halogens is 1. The molecule has 2 heterocycles. The summed E-state index contributed by atoms with van der Waals surface area (Å²) in [7, 11) is 1.43. The number of ether oxygens (including phenoxy) is 1. The number of nitrogens with zero attached hydrogens (tertiary/aromatic N) is 3. The fraction of sp³-hybridized carbons (Fsp3) is 0.474. The van der Waals surface area contributed by atoms with Crippen molar-refractivity contribution in [1.82, 2.24) is 14.7 Å². The van der Waals surface area contributed by atoms with Crippen molar-refractivity contribution < 1.29 is 13.9 Å². The van der Waals surface area contributed by atoms with E-state index < -0.39 is 5.82 Å². The minimum Gasteiger partial charge on any atom is -0.494 e. The van der Waals surface area contributed by atoms with E-state index in [1.807, 2.05) is 23.4 Å². The molecule has 3 rings (SSSR count). The van der Waals surface area contributed by atoms with Crippen molar-refractivity contribution in [3.8, 4) is 5.75 Å². The fourth-order valence-corrected chi connectivity index (χ4v) is 3.50. The highest BCUT2D eigenvalue weighted by Gasteiger charge is 2.26. The predicted molar refractivity (Wildman–Crippen MR) is 93.2 cm³/mol. The van der Waals surface area contributed by atoms with Crippen LogP contribution in [0.3, 0.4) is 0 Å². The Kier molecular flexibility index (Phi) is 5.06. The third-order valence-electron chi connectivity index (χ3n) is 4.71. The van der Waals surface area contributed by atoms with E-state index >= 15 is 0 Å². The quantitative estimate of drug-likeness (QED) is 0.856. The van der Waals surface area contributed by atoms with Gasteiger partial charge in [0.15, 0.2) is 11.6 Å². The van der Waals surface area contributed by atoms with Crippen LogP contribution in [0.1, 0.15) is 35.8 Å². The zero-order valence-electron chi connectivity index (χ0n) is 15.0. The summed E-state index contributed by atoms with van der Waals surface area (Å²) in [5.74, 6) is -0.221. The number of aryl methyl sites for hydroxylation is 2. The fourth-order valence-electron chi connectivity index (χ4n) is 3.50. The molecular formula is C19H24FN3O2. The van der Waals surface area contributed by atoms with Crippen molar-refractivity contribution in [2.75, 3.05) is 20.2 Å². The van der Waals surface area contributed by atoms with Crippen molar-refractivity contribution in [2.24, 2.45) is 0 Å². The lowest BCUT2D eigenvalue weighted by molar-refractivity contribution is -0.132. The van der Waals surface area contributed by atoms with Gasteiger partial charge in [-0.3, -0.25) is 9.48 Å². The molecule has 1 aromatic heterocycles. The van der Waals surface area contributed by atoms with Crippen LogP contribution in [0.15, 0.2) is 24.3 Å². The first-order valence-electron chi connectivity index (χ1n) is 8.61. The number of hydrogen-bond donors (Lipinski definition) is 0. The van der Waals surface area contributed by atoms with Crippen molar-refractivity contribution in [2.45, 2.75) is 39.2 Å². The Labute approximate surface area is 147 Å². The van der Waals surface area contributed by atoms with E-state index in [0.29, 0.717) is 12.1 Å². The van der Waals surface area contributed by atoms with Crippen LogP contribution in [0.2, 0.25) is 0 Å². The maximum absolute atomic E-state index is 13.8. The molecule has 1 aliphatic heterocycles. The second-order valence-electron chi connectivity index (χ2n) is 6.65. The van der Waals surface area contributed by atoms with Crippen molar-refractivity contribution in [3.63, 3.8) is 0 Å². The summed E-state index contributed by atoms with van der Waals surface area (Å²) in [4.78, 5) is 14.5. The van der Waals surface area contributed by atoms with Crippen LogP contribution in [0.4, 0.5) is 4.39 Å². The Bertz CT molecular complexity index is 772. The number of benzene rings is 1. The largest absolute Gasteiger partial charge is 0.494 e. The van der Waals surface area contributed by atoms with E-state index in [9.17, 15) is 9.18 Å². The molecule has 1 amide bonds. The van der Waals surface area contributed by atoms with Crippen LogP contribution in [-0.2, 0) is 11.2 Å². The van der Waals surface area contributed by atoms with Crippen molar-refractivity contribution in [3.05, 3.63) is 47.0 Å². The summed E-state index contributed by atoms with van der Waals surface area (Å²) < 4.78 is 20.8.